The number of unbranched alkanes of at least 4 members (excludes halogenated alkanes) is 2. The minimum absolute atomic E-state index is 0.136. The van der Waals surface area contributed by atoms with Gasteiger partial charge in [0.2, 0.25) is 0 Å². The van der Waals surface area contributed by atoms with Crippen LogP contribution in [-0.4, -0.2) is 28.0 Å². The van der Waals surface area contributed by atoms with Crippen LogP contribution in [0.2, 0.25) is 0 Å². The lowest BCUT2D eigenvalue weighted by Crippen LogP contribution is -2.07. The molecule has 5 nitrogen and oxygen atoms in total. The SMILES string of the molecule is CC(C)CCCCCOC(=O)CCc1ccc2n[nH]nc2c1-c1ccccc1. The average Bonchev–Trinajstić information content (AvgIpc) is 3.17. The van der Waals surface area contributed by atoms with E-state index in [1.165, 1.54) is 12.8 Å². The minimum atomic E-state index is -0.136. The zero-order chi connectivity index (χ0) is 19.8. The number of ether oxygens (including phenoxy) is 1. The molecule has 0 aliphatic heterocycles. The zero-order valence-corrected chi connectivity index (χ0v) is 16.8. The summed E-state index contributed by atoms with van der Waals surface area (Å²) in [4.78, 5) is 12.2. The van der Waals surface area contributed by atoms with E-state index in [2.05, 4.69) is 41.4 Å². The number of nitrogens with one attached hydrogen (secondary N) is 1. The summed E-state index contributed by atoms with van der Waals surface area (Å²) in [5.74, 6) is 0.603. The Labute approximate surface area is 166 Å². The highest BCUT2D eigenvalue weighted by Gasteiger charge is 2.14. The Morgan fingerprint density at radius 1 is 1.04 bits per heavy atom. The first-order chi connectivity index (χ1) is 13.6. The number of carbonyl (C=O) groups excluding carboxylic acids is 1. The second kappa shape index (κ2) is 10.0. The maximum absolute atomic E-state index is 12.2. The van der Waals surface area contributed by atoms with Crippen LogP contribution >= 0.6 is 0 Å². The Kier molecular flexibility index (Phi) is 7.18. The Morgan fingerprint density at radius 3 is 2.64 bits per heavy atom. The van der Waals surface area contributed by atoms with Crippen molar-refractivity contribution in [3.05, 3.63) is 48.0 Å². The highest BCUT2D eigenvalue weighted by atomic mass is 16.5. The topological polar surface area (TPSA) is 67.9 Å². The van der Waals surface area contributed by atoms with Crippen molar-refractivity contribution in [1.82, 2.24) is 15.4 Å². The lowest BCUT2D eigenvalue weighted by Gasteiger charge is -2.11. The van der Waals surface area contributed by atoms with Gasteiger partial charge in [-0.2, -0.15) is 15.4 Å². The number of benzene rings is 2. The molecule has 0 atom stereocenters. The van der Waals surface area contributed by atoms with Gasteiger partial charge in [0.05, 0.1) is 6.61 Å². The van der Waals surface area contributed by atoms with Crippen molar-refractivity contribution in [3.8, 4) is 11.1 Å². The van der Waals surface area contributed by atoms with Gasteiger partial charge in [-0.25, -0.2) is 0 Å². The predicted molar refractivity (Wildman–Crippen MR) is 112 cm³/mol. The monoisotopic (exact) mass is 379 g/mol. The van der Waals surface area contributed by atoms with Gasteiger partial charge in [-0.3, -0.25) is 4.79 Å². The third-order valence-electron chi connectivity index (χ3n) is 4.92. The molecule has 0 unspecified atom stereocenters. The third-order valence-corrected chi connectivity index (χ3v) is 4.92. The van der Waals surface area contributed by atoms with Crippen molar-refractivity contribution in [1.29, 1.82) is 0 Å². The van der Waals surface area contributed by atoms with Crippen molar-refractivity contribution in [2.75, 3.05) is 6.61 Å². The number of aryl methyl sites for hydroxylation is 1. The molecule has 0 aliphatic rings. The van der Waals surface area contributed by atoms with Gasteiger partial charge in [-0.05, 0) is 36.0 Å². The van der Waals surface area contributed by atoms with Crippen molar-refractivity contribution in [2.45, 2.75) is 52.4 Å². The van der Waals surface area contributed by atoms with Crippen LogP contribution in [0.4, 0.5) is 0 Å². The Balaban J connectivity index is 1.58. The molecule has 2 aromatic carbocycles. The van der Waals surface area contributed by atoms with E-state index in [0.717, 1.165) is 46.5 Å². The molecule has 5 heteroatoms. The standard InChI is InChI=1S/C23H29N3O2/c1-17(2)9-5-4-8-16-28-21(27)15-13-19-12-14-20-23(25-26-24-20)22(19)18-10-6-3-7-11-18/h3,6-7,10-12,14,17H,4-5,8-9,13,15-16H2,1-2H3,(H,24,25,26). The number of carbonyl (C=O) groups is 1. The van der Waals surface area contributed by atoms with E-state index in [1.54, 1.807) is 0 Å². The maximum Gasteiger partial charge on any atom is 0.306 e. The first-order valence-electron chi connectivity index (χ1n) is 10.2. The van der Waals surface area contributed by atoms with Crippen LogP contribution in [-0.2, 0) is 16.0 Å². The molecule has 0 saturated carbocycles. The molecule has 3 rings (SSSR count). The summed E-state index contributed by atoms with van der Waals surface area (Å²) in [6, 6.07) is 14.1. The minimum Gasteiger partial charge on any atom is -0.466 e. The number of rotatable bonds is 10. The highest BCUT2D eigenvalue weighted by Crippen LogP contribution is 2.30. The fourth-order valence-electron chi connectivity index (χ4n) is 3.42. The maximum atomic E-state index is 12.2. The van der Waals surface area contributed by atoms with Gasteiger partial charge in [0.25, 0.3) is 0 Å². The molecule has 0 bridgehead atoms. The van der Waals surface area contributed by atoms with E-state index in [9.17, 15) is 4.79 Å². The molecule has 0 spiro atoms. The molecular weight excluding hydrogens is 350 g/mol. The van der Waals surface area contributed by atoms with Crippen molar-refractivity contribution < 1.29 is 9.53 Å². The van der Waals surface area contributed by atoms with Crippen LogP contribution in [0.15, 0.2) is 42.5 Å². The fourth-order valence-corrected chi connectivity index (χ4v) is 3.42. The molecule has 0 saturated heterocycles. The van der Waals surface area contributed by atoms with Gasteiger partial charge in [0, 0.05) is 12.0 Å². The smallest absolute Gasteiger partial charge is 0.306 e. The molecule has 28 heavy (non-hydrogen) atoms. The number of aromatic nitrogens is 3. The highest BCUT2D eigenvalue weighted by molar-refractivity contribution is 5.93. The number of fused-ring (bicyclic) bond motifs is 1. The number of nitrogens with zero attached hydrogens (tertiary/aromatic N) is 2. The molecule has 1 heterocycles. The summed E-state index contributed by atoms with van der Waals surface area (Å²) in [5, 5.41) is 11.2. The summed E-state index contributed by atoms with van der Waals surface area (Å²) < 4.78 is 5.42. The number of hydrogen-bond acceptors (Lipinski definition) is 4. The summed E-state index contributed by atoms with van der Waals surface area (Å²) in [7, 11) is 0. The van der Waals surface area contributed by atoms with E-state index in [-0.39, 0.29) is 5.97 Å². The van der Waals surface area contributed by atoms with Gasteiger partial charge in [0.1, 0.15) is 11.0 Å². The molecule has 0 aliphatic carbocycles. The lowest BCUT2D eigenvalue weighted by molar-refractivity contribution is -0.143. The molecule has 1 aromatic heterocycles. The van der Waals surface area contributed by atoms with Crippen LogP contribution in [0, 0.1) is 5.92 Å². The number of H-pyrrole nitrogens is 1. The van der Waals surface area contributed by atoms with Crippen molar-refractivity contribution in [3.63, 3.8) is 0 Å². The van der Waals surface area contributed by atoms with Gasteiger partial charge in [0.15, 0.2) is 0 Å². The number of esters is 1. The van der Waals surface area contributed by atoms with E-state index in [0.29, 0.717) is 19.4 Å². The zero-order valence-electron chi connectivity index (χ0n) is 16.8. The van der Waals surface area contributed by atoms with E-state index in [1.807, 2.05) is 30.3 Å². The Bertz CT molecular complexity index is 887. The van der Waals surface area contributed by atoms with E-state index < -0.39 is 0 Å². The van der Waals surface area contributed by atoms with Crippen LogP contribution in [0.5, 0.6) is 0 Å². The molecular formula is C23H29N3O2. The van der Waals surface area contributed by atoms with E-state index >= 15 is 0 Å². The summed E-state index contributed by atoms with van der Waals surface area (Å²) in [6.07, 6.45) is 5.49. The van der Waals surface area contributed by atoms with Crippen LogP contribution in [0.3, 0.4) is 0 Å². The molecule has 3 aromatic rings. The largest absolute Gasteiger partial charge is 0.466 e. The van der Waals surface area contributed by atoms with Gasteiger partial charge in [-0.1, -0.05) is 69.5 Å². The summed E-state index contributed by atoms with van der Waals surface area (Å²) >= 11 is 0. The van der Waals surface area contributed by atoms with Gasteiger partial charge >= 0.3 is 5.97 Å². The molecule has 0 fully saturated rings. The molecule has 0 amide bonds. The van der Waals surface area contributed by atoms with Crippen molar-refractivity contribution in [2.24, 2.45) is 5.92 Å². The van der Waals surface area contributed by atoms with Crippen LogP contribution < -0.4 is 0 Å². The van der Waals surface area contributed by atoms with Crippen molar-refractivity contribution >= 4 is 17.0 Å². The first kappa shape index (κ1) is 20.1. The van der Waals surface area contributed by atoms with Crippen LogP contribution in [0.1, 0.15) is 51.5 Å². The fraction of sp³-hybridized carbons (Fsp3) is 0.435. The predicted octanol–water partition coefficient (Wildman–Crippen LogP) is 5.32. The van der Waals surface area contributed by atoms with Crippen LogP contribution in [0.25, 0.3) is 22.2 Å². The first-order valence-corrected chi connectivity index (χ1v) is 10.2. The second-order valence-corrected chi connectivity index (χ2v) is 7.62. The second-order valence-electron chi connectivity index (χ2n) is 7.62. The summed E-state index contributed by atoms with van der Waals surface area (Å²) in [5.41, 5.74) is 4.86. The molecule has 148 valence electrons. The lowest BCUT2D eigenvalue weighted by atomic mass is 9.95. The quantitative estimate of drug-likeness (QED) is 0.382. The third kappa shape index (κ3) is 5.41. The van der Waals surface area contributed by atoms with Gasteiger partial charge in [-0.15, -0.1) is 0 Å². The van der Waals surface area contributed by atoms with Gasteiger partial charge < -0.3 is 4.74 Å². The average molecular weight is 380 g/mol. The normalized spacial score (nSPS) is 11.2. The number of aromatic amines is 1. The van der Waals surface area contributed by atoms with E-state index in [4.69, 9.17) is 4.74 Å². The molecule has 0 radical (unpaired) electrons. The Hall–Kier alpha value is -2.69. The Morgan fingerprint density at radius 2 is 1.86 bits per heavy atom. The molecule has 1 N–H and O–H groups in total. The number of hydrogen-bond donors (Lipinski definition) is 1. The summed E-state index contributed by atoms with van der Waals surface area (Å²) in [6.45, 7) is 4.99.